The van der Waals surface area contributed by atoms with Crippen molar-refractivity contribution in [3.05, 3.63) is 101 Å². The molecule has 0 spiro atoms. The Kier molecular flexibility index (Phi) is 10.0. The fourth-order valence-corrected chi connectivity index (χ4v) is 5.63. The van der Waals surface area contributed by atoms with Crippen molar-refractivity contribution < 1.29 is 27.5 Å². The molecule has 1 atom stereocenters. The fourth-order valence-electron chi connectivity index (χ4n) is 4.32. The molecule has 1 aliphatic rings. The lowest BCUT2D eigenvalue weighted by Gasteiger charge is -2.32. The molecule has 0 aliphatic heterocycles. The Bertz CT molecular complexity index is 1380. The molecule has 0 heterocycles. The van der Waals surface area contributed by atoms with Gasteiger partial charge >= 0.3 is 0 Å². The predicted molar refractivity (Wildman–Crippen MR) is 149 cm³/mol. The summed E-state index contributed by atoms with van der Waals surface area (Å²) in [6, 6.07) is 20.2. The Hall–Kier alpha value is -3.60. The van der Waals surface area contributed by atoms with Gasteiger partial charge in [0.2, 0.25) is 21.8 Å². The zero-order valence-electron chi connectivity index (χ0n) is 22.1. The number of amides is 2. The number of carbonyl (C=O) groups is 2. The van der Waals surface area contributed by atoms with Crippen molar-refractivity contribution in [2.75, 3.05) is 13.2 Å². The molecule has 1 fully saturated rings. The Labute approximate surface area is 234 Å². The van der Waals surface area contributed by atoms with E-state index >= 15 is 0 Å². The maximum Gasteiger partial charge on any atom is 0.247 e. The second-order valence-corrected chi connectivity index (χ2v) is 11.6. The number of aryl methyl sites for hydroxylation is 1. The van der Waals surface area contributed by atoms with E-state index in [4.69, 9.17) is 5.11 Å². The van der Waals surface area contributed by atoms with Crippen LogP contribution in [-0.2, 0) is 32.6 Å². The molecule has 1 aliphatic carbocycles. The third-order valence-electron chi connectivity index (χ3n) is 6.66. The summed E-state index contributed by atoms with van der Waals surface area (Å²) < 4.78 is 41.2. The number of sulfonamides is 1. The fraction of sp³-hybridized carbons (Fsp3) is 0.333. The van der Waals surface area contributed by atoms with Gasteiger partial charge in [0.25, 0.3) is 0 Å². The first kappa shape index (κ1) is 29.4. The Morgan fingerprint density at radius 1 is 0.950 bits per heavy atom. The molecule has 4 rings (SSSR count). The summed E-state index contributed by atoms with van der Waals surface area (Å²) in [4.78, 5) is 28.8. The molecule has 0 saturated heterocycles. The highest BCUT2D eigenvalue weighted by molar-refractivity contribution is 7.89. The van der Waals surface area contributed by atoms with E-state index in [1.807, 2.05) is 6.07 Å². The van der Waals surface area contributed by atoms with Crippen LogP contribution < -0.4 is 10.0 Å². The third-order valence-corrected chi connectivity index (χ3v) is 8.19. The lowest BCUT2D eigenvalue weighted by Crippen LogP contribution is -2.43. The summed E-state index contributed by atoms with van der Waals surface area (Å²) in [5, 5.41) is 12.0. The molecule has 3 aromatic carbocycles. The van der Waals surface area contributed by atoms with E-state index in [1.165, 1.54) is 29.2 Å². The SMILES string of the molecule is O=C(NCCCO)[C@H](c1ccccc1)N(Cc1ccc(F)cc1)C(=O)CCc1ccc(S(=O)(=O)NC2CC2)cc1. The number of rotatable bonds is 14. The lowest BCUT2D eigenvalue weighted by atomic mass is 10.0. The molecule has 10 heteroatoms. The van der Waals surface area contributed by atoms with Gasteiger partial charge in [0.05, 0.1) is 4.90 Å². The van der Waals surface area contributed by atoms with Gasteiger partial charge in [0.15, 0.2) is 0 Å². The highest BCUT2D eigenvalue weighted by atomic mass is 32.2. The molecule has 2 amide bonds. The second kappa shape index (κ2) is 13.6. The topological polar surface area (TPSA) is 116 Å². The molecule has 40 heavy (non-hydrogen) atoms. The van der Waals surface area contributed by atoms with E-state index in [-0.39, 0.29) is 48.9 Å². The minimum absolute atomic E-state index is 0.00721. The van der Waals surface area contributed by atoms with Crippen LogP contribution in [0.2, 0.25) is 0 Å². The molecular weight excluding hydrogens is 533 g/mol. The van der Waals surface area contributed by atoms with Crippen LogP contribution in [-0.4, -0.2) is 49.4 Å². The smallest absolute Gasteiger partial charge is 0.247 e. The van der Waals surface area contributed by atoms with Gasteiger partial charge in [0, 0.05) is 32.2 Å². The predicted octanol–water partition coefficient (Wildman–Crippen LogP) is 3.47. The maximum atomic E-state index is 13.7. The number of nitrogens with zero attached hydrogens (tertiary/aromatic N) is 1. The normalized spacial score (nSPS) is 13.9. The Morgan fingerprint density at radius 2 is 1.60 bits per heavy atom. The van der Waals surface area contributed by atoms with Gasteiger partial charge in [-0.1, -0.05) is 54.6 Å². The Balaban J connectivity index is 1.54. The molecule has 0 unspecified atom stereocenters. The first-order chi connectivity index (χ1) is 19.3. The molecule has 3 N–H and O–H groups in total. The van der Waals surface area contributed by atoms with Crippen molar-refractivity contribution in [2.24, 2.45) is 0 Å². The largest absolute Gasteiger partial charge is 0.396 e. The van der Waals surface area contributed by atoms with E-state index < -0.39 is 21.9 Å². The highest BCUT2D eigenvalue weighted by Gasteiger charge is 2.31. The van der Waals surface area contributed by atoms with E-state index in [9.17, 15) is 22.4 Å². The van der Waals surface area contributed by atoms with E-state index in [2.05, 4.69) is 10.0 Å². The average molecular weight is 568 g/mol. The number of halogens is 1. The summed E-state index contributed by atoms with van der Waals surface area (Å²) in [6.45, 7) is 0.253. The van der Waals surface area contributed by atoms with Crippen LogP contribution in [0.1, 0.15) is 48.4 Å². The zero-order chi connectivity index (χ0) is 28.5. The van der Waals surface area contributed by atoms with Crippen molar-refractivity contribution in [3.8, 4) is 0 Å². The molecule has 0 bridgehead atoms. The number of aliphatic hydroxyl groups excluding tert-OH is 1. The van der Waals surface area contributed by atoms with E-state index in [0.717, 1.165) is 18.4 Å². The van der Waals surface area contributed by atoms with Crippen molar-refractivity contribution in [3.63, 3.8) is 0 Å². The standard InChI is InChI=1S/C30H34FN3O5S/c31-25-12-7-23(8-13-25)21-34(29(24-5-2-1-3-6-24)30(37)32-19-4-20-35)28(36)18-11-22-9-16-27(17-10-22)40(38,39)33-26-14-15-26/h1-3,5-10,12-13,16-17,26,29,33,35H,4,11,14-15,18-21H2,(H,32,37)/t29-/m0/s1. The summed E-state index contributed by atoms with van der Waals surface area (Å²) in [5.41, 5.74) is 2.07. The van der Waals surface area contributed by atoms with Crippen LogP contribution in [0.5, 0.6) is 0 Å². The number of benzene rings is 3. The van der Waals surface area contributed by atoms with Gasteiger partial charge in [-0.3, -0.25) is 9.59 Å². The van der Waals surface area contributed by atoms with Crippen LogP contribution >= 0.6 is 0 Å². The van der Waals surface area contributed by atoms with Crippen molar-refractivity contribution >= 4 is 21.8 Å². The minimum atomic E-state index is -3.57. The lowest BCUT2D eigenvalue weighted by molar-refractivity contribution is -0.141. The zero-order valence-corrected chi connectivity index (χ0v) is 22.9. The molecule has 212 valence electrons. The number of nitrogens with one attached hydrogen (secondary N) is 2. The first-order valence-electron chi connectivity index (χ1n) is 13.4. The molecule has 1 saturated carbocycles. The average Bonchev–Trinajstić information content (AvgIpc) is 3.77. The van der Waals surface area contributed by atoms with Gasteiger partial charge in [-0.15, -0.1) is 0 Å². The molecule has 3 aromatic rings. The van der Waals surface area contributed by atoms with Crippen molar-refractivity contribution in [2.45, 2.75) is 55.6 Å². The molecule has 8 nitrogen and oxygen atoms in total. The summed E-state index contributed by atoms with van der Waals surface area (Å²) >= 11 is 0. The summed E-state index contributed by atoms with van der Waals surface area (Å²) in [7, 11) is -3.57. The minimum Gasteiger partial charge on any atom is -0.396 e. The molecular formula is C30H34FN3O5S. The second-order valence-electron chi connectivity index (χ2n) is 9.87. The van der Waals surface area contributed by atoms with Crippen molar-refractivity contribution in [1.82, 2.24) is 14.9 Å². The summed E-state index contributed by atoms with van der Waals surface area (Å²) in [6.07, 6.45) is 2.47. The first-order valence-corrected chi connectivity index (χ1v) is 14.8. The highest BCUT2D eigenvalue weighted by Crippen LogP contribution is 2.26. The number of aliphatic hydroxyl groups is 1. The van der Waals surface area contributed by atoms with Gasteiger partial charge in [-0.05, 0) is 66.6 Å². The summed E-state index contributed by atoms with van der Waals surface area (Å²) in [5.74, 6) is -1.07. The number of carbonyl (C=O) groups excluding carboxylic acids is 2. The van der Waals surface area contributed by atoms with Crippen LogP contribution in [0.15, 0.2) is 83.8 Å². The van der Waals surface area contributed by atoms with Crippen LogP contribution in [0.25, 0.3) is 0 Å². The third kappa shape index (κ3) is 8.20. The van der Waals surface area contributed by atoms with E-state index in [1.54, 1.807) is 48.5 Å². The maximum absolute atomic E-state index is 13.7. The van der Waals surface area contributed by atoms with Crippen LogP contribution in [0, 0.1) is 5.82 Å². The van der Waals surface area contributed by atoms with Crippen LogP contribution in [0.4, 0.5) is 4.39 Å². The monoisotopic (exact) mass is 567 g/mol. The van der Waals surface area contributed by atoms with Gasteiger partial charge in [-0.2, -0.15) is 0 Å². The van der Waals surface area contributed by atoms with Gasteiger partial charge < -0.3 is 15.3 Å². The van der Waals surface area contributed by atoms with Gasteiger partial charge in [0.1, 0.15) is 11.9 Å². The number of hydrogen-bond donors (Lipinski definition) is 3. The quantitative estimate of drug-likeness (QED) is 0.258. The molecule has 0 aromatic heterocycles. The van der Waals surface area contributed by atoms with Crippen LogP contribution in [0.3, 0.4) is 0 Å². The van der Waals surface area contributed by atoms with Crippen molar-refractivity contribution in [1.29, 1.82) is 0 Å². The molecule has 0 radical (unpaired) electrons. The Morgan fingerprint density at radius 3 is 2.23 bits per heavy atom. The van der Waals surface area contributed by atoms with Gasteiger partial charge in [-0.25, -0.2) is 17.5 Å². The van der Waals surface area contributed by atoms with E-state index in [0.29, 0.717) is 24.0 Å². The number of hydrogen-bond acceptors (Lipinski definition) is 5.